The molecule has 2 aliphatic rings. The molecular formula is C17H23NO2Si. The Labute approximate surface area is 127 Å². The average molecular weight is 301 g/mol. The first kappa shape index (κ1) is 14.4. The minimum atomic E-state index is -1.32. The van der Waals surface area contributed by atoms with E-state index in [1.807, 2.05) is 23.1 Å². The Morgan fingerprint density at radius 1 is 1.24 bits per heavy atom. The Morgan fingerprint density at radius 3 is 2.62 bits per heavy atom. The van der Waals surface area contributed by atoms with Crippen molar-refractivity contribution in [2.24, 2.45) is 0 Å². The van der Waals surface area contributed by atoms with Crippen LogP contribution in [-0.4, -0.2) is 25.6 Å². The maximum absolute atomic E-state index is 12.4. The number of hydrogen-bond acceptors (Lipinski definition) is 2. The fourth-order valence-electron chi connectivity index (χ4n) is 3.43. The highest BCUT2D eigenvalue weighted by Gasteiger charge is 2.48. The van der Waals surface area contributed by atoms with Crippen molar-refractivity contribution in [3.63, 3.8) is 0 Å². The van der Waals surface area contributed by atoms with Crippen molar-refractivity contribution in [1.29, 1.82) is 0 Å². The summed E-state index contributed by atoms with van der Waals surface area (Å²) < 4.78 is 5.61. The van der Waals surface area contributed by atoms with Gasteiger partial charge in [0.2, 0.25) is 0 Å². The van der Waals surface area contributed by atoms with Crippen LogP contribution in [0.1, 0.15) is 18.4 Å². The van der Waals surface area contributed by atoms with Gasteiger partial charge in [0.1, 0.15) is 5.76 Å². The molecular weight excluding hydrogens is 278 g/mol. The molecule has 1 aromatic carbocycles. The Balaban J connectivity index is 2.05. The highest BCUT2D eigenvalue weighted by atomic mass is 28.3. The maximum Gasteiger partial charge on any atom is 0.415 e. The molecule has 0 aromatic heterocycles. The molecule has 3 nitrogen and oxygen atoms in total. The van der Waals surface area contributed by atoms with Gasteiger partial charge in [-0.15, -0.1) is 0 Å². The minimum absolute atomic E-state index is 0.174. The van der Waals surface area contributed by atoms with E-state index in [0.717, 1.165) is 31.2 Å². The molecule has 21 heavy (non-hydrogen) atoms. The number of hydrogen-bond donors (Lipinski definition) is 0. The zero-order valence-electron chi connectivity index (χ0n) is 13.1. The van der Waals surface area contributed by atoms with Crippen molar-refractivity contribution in [2.75, 3.05) is 6.54 Å². The standard InChI is InChI=1S/C17H23NO2Si/c1-21(2,3)13-15-12-17(14-8-5-4-6-9-14)10-7-11-18(17)16(19)20-15/h4-6,8-9,12H,7,10-11,13H2,1-3H3/t17-/m0/s1. The largest absolute Gasteiger partial charge is 0.415 e. The van der Waals surface area contributed by atoms with Crippen LogP contribution in [0.4, 0.5) is 4.79 Å². The molecule has 4 heteroatoms. The van der Waals surface area contributed by atoms with E-state index in [4.69, 9.17) is 4.74 Å². The molecule has 0 spiro atoms. The summed E-state index contributed by atoms with van der Waals surface area (Å²) in [5.74, 6) is 0.876. The first-order valence-electron chi connectivity index (χ1n) is 7.67. The second kappa shape index (κ2) is 5.02. The molecule has 0 radical (unpaired) electrons. The molecule has 0 N–H and O–H groups in total. The second-order valence-electron chi connectivity index (χ2n) is 7.26. The van der Waals surface area contributed by atoms with E-state index in [2.05, 4.69) is 37.8 Å². The number of carbonyl (C=O) groups is 1. The molecule has 0 bridgehead atoms. The van der Waals surface area contributed by atoms with Crippen molar-refractivity contribution in [2.45, 2.75) is 44.1 Å². The molecule has 1 atom stereocenters. The topological polar surface area (TPSA) is 29.5 Å². The number of rotatable bonds is 3. The van der Waals surface area contributed by atoms with Crippen LogP contribution in [0.15, 0.2) is 42.2 Å². The molecule has 0 unspecified atom stereocenters. The van der Waals surface area contributed by atoms with E-state index in [0.29, 0.717) is 0 Å². The van der Waals surface area contributed by atoms with Gasteiger partial charge in [0, 0.05) is 12.6 Å². The zero-order chi connectivity index (χ0) is 15.1. The van der Waals surface area contributed by atoms with E-state index in [1.54, 1.807) is 0 Å². The number of cyclic esters (lactones) is 1. The predicted molar refractivity (Wildman–Crippen MR) is 86.8 cm³/mol. The average Bonchev–Trinajstić information content (AvgIpc) is 2.83. The van der Waals surface area contributed by atoms with E-state index in [-0.39, 0.29) is 11.6 Å². The van der Waals surface area contributed by atoms with Gasteiger partial charge in [-0.2, -0.15) is 0 Å². The molecule has 3 rings (SSSR count). The summed E-state index contributed by atoms with van der Waals surface area (Å²) in [6.45, 7) is 7.69. The molecule has 1 aromatic rings. The van der Waals surface area contributed by atoms with E-state index in [9.17, 15) is 4.79 Å². The summed E-state index contributed by atoms with van der Waals surface area (Å²) in [6.07, 6.45) is 4.06. The monoisotopic (exact) mass is 301 g/mol. The van der Waals surface area contributed by atoms with Gasteiger partial charge in [-0.25, -0.2) is 4.79 Å². The smallest absolute Gasteiger partial charge is 0.415 e. The van der Waals surface area contributed by atoms with Crippen LogP contribution in [0.25, 0.3) is 0 Å². The van der Waals surface area contributed by atoms with Crippen LogP contribution in [-0.2, 0) is 10.3 Å². The van der Waals surface area contributed by atoms with Crippen molar-refractivity contribution in [1.82, 2.24) is 4.90 Å². The third-order valence-corrected chi connectivity index (χ3v) is 5.65. The number of nitrogens with zero attached hydrogens (tertiary/aromatic N) is 1. The van der Waals surface area contributed by atoms with Gasteiger partial charge in [0.25, 0.3) is 0 Å². The SMILES string of the molecule is C[Si](C)(C)CC1=C[C@]2(c3ccccc3)CCCN2C(=O)O1. The number of allylic oxidation sites excluding steroid dienone is 1. The quantitative estimate of drug-likeness (QED) is 0.777. The molecule has 1 saturated heterocycles. The summed E-state index contributed by atoms with van der Waals surface area (Å²) in [7, 11) is -1.32. The zero-order valence-corrected chi connectivity index (χ0v) is 14.1. The molecule has 0 aliphatic carbocycles. The van der Waals surface area contributed by atoms with Gasteiger partial charge in [0.15, 0.2) is 0 Å². The lowest BCUT2D eigenvalue weighted by Gasteiger charge is -2.40. The molecule has 2 heterocycles. The van der Waals surface area contributed by atoms with Crippen LogP contribution in [0.2, 0.25) is 25.7 Å². The lowest BCUT2D eigenvalue weighted by Crippen LogP contribution is -2.47. The highest BCUT2D eigenvalue weighted by molar-refractivity contribution is 6.76. The summed E-state index contributed by atoms with van der Waals surface area (Å²) in [4.78, 5) is 14.3. The second-order valence-corrected chi connectivity index (χ2v) is 12.7. The van der Waals surface area contributed by atoms with Crippen molar-refractivity contribution in [3.8, 4) is 0 Å². The fraction of sp³-hybridized carbons (Fsp3) is 0.471. The van der Waals surface area contributed by atoms with Crippen LogP contribution in [0, 0.1) is 0 Å². The van der Waals surface area contributed by atoms with Gasteiger partial charge in [-0.05, 0) is 24.5 Å². The third kappa shape index (κ3) is 2.64. The molecule has 1 fully saturated rings. The van der Waals surface area contributed by atoms with E-state index in [1.165, 1.54) is 5.56 Å². The van der Waals surface area contributed by atoms with Crippen molar-refractivity contribution in [3.05, 3.63) is 47.7 Å². The van der Waals surface area contributed by atoms with Crippen LogP contribution in [0.5, 0.6) is 0 Å². The molecule has 112 valence electrons. The van der Waals surface area contributed by atoms with E-state index >= 15 is 0 Å². The maximum atomic E-state index is 12.4. The first-order valence-corrected chi connectivity index (χ1v) is 11.4. The third-order valence-electron chi connectivity index (χ3n) is 4.24. The number of ether oxygens (including phenoxy) is 1. The number of fused-ring (bicyclic) bond motifs is 1. The predicted octanol–water partition coefficient (Wildman–Crippen LogP) is 4.35. The summed E-state index contributed by atoms with van der Waals surface area (Å²) in [5.41, 5.74) is 0.915. The van der Waals surface area contributed by atoms with Crippen LogP contribution in [0.3, 0.4) is 0 Å². The number of amides is 1. The summed E-state index contributed by atoms with van der Waals surface area (Å²) >= 11 is 0. The van der Waals surface area contributed by atoms with Gasteiger partial charge < -0.3 is 4.74 Å². The van der Waals surface area contributed by atoms with Gasteiger partial charge in [0.05, 0.1) is 13.6 Å². The fourth-order valence-corrected chi connectivity index (χ4v) is 4.65. The number of benzene rings is 1. The Kier molecular flexibility index (Phi) is 3.44. The van der Waals surface area contributed by atoms with Gasteiger partial charge in [-0.1, -0.05) is 50.0 Å². The summed E-state index contributed by atoms with van der Waals surface area (Å²) in [5, 5.41) is 0. The molecule has 1 amide bonds. The van der Waals surface area contributed by atoms with Gasteiger partial charge in [-0.3, -0.25) is 4.90 Å². The van der Waals surface area contributed by atoms with E-state index < -0.39 is 8.07 Å². The Morgan fingerprint density at radius 2 is 1.95 bits per heavy atom. The lowest BCUT2D eigenvalue weighted by atomic mass is 9.86. The first-order chi connectivity index (χ1) is 9.91. The highest BCUT2D eigenvalue weighted by Crippen LogP contribution is 2.44. The summed E-state index contributed by atoms with van der Waals surface area (Å²) in [6, 6.07) is 11.3. The lowest BCUT2D eigenvalue weighted by molar-refractivity contribution is 0.0875. The number of carbonyl (C=O) groups excluding carboxylic acids is 1. The molecule has 2 aliphatic heterocycles. The van der Waals surface area contributed by atoms with Crippen LogP contribution < -0.4 is 0 Å². The van der Waals surface area contributed by atoms with Crippen molar-refractivity contribution < 1.29 is 9.53 Å². The van der Waals surface area contributed by atoms with Gasteiger partial charge >= 0.3 is 6.09 Å². The Bertz CT molecular complexity index is 576. The van der Waals surface area contributed by atoms with Crippen molar-refractivity contribution >= 4 is 14.2 Å². The molecule has 0 saturated carbocycles. The normalized spacial score (nSPS) is 25.4. The minimum Gasteiger partial charge on any atom is -0.415 e. The van der Waals surface area contributed by atoms with Crippen LogP contribution >= 0.6 is 0 Å². The Hall–Kier alpha value is -1.55.